The number of nitrogens with one attached hydrogen (secondary N) is 2. The Balaban J connectivity index is 0.00000364. The molecule has 1 aromatic carbocycles. The zero-order valence-corrected chi connectivity index (χ0v) is 19.4. The van der Waals surface area contributed by atoms with Gasteiger partial charge >= 0.3 is 0 Å². The highest BCUT2D eigenvalue weighted by atomic mass is 127. The van der Waals surface area contributed by atoms with Gasteiger partial charge in [-0.1, -0.05) is 0 Å². The van der Waals surface area contributed by atoms with Crippen molar-refractivity contribution in [2.24, 2.45) is 10.9 Å². The van der Waals surface area contributed by atoms with Gasteiger partial charge < -0.3 is 25.0 Å². The minimum Gasteiger partial charge on any atom is -0.497 e. The Hall–Kier alpha value is -1.22. The van der Waals surface area contributed by atoms with Gasteiger partial charge in [0, 0.05) is 26.2 Å². The SMILES string of the molecule is CN=C(NCCOc1ccc(OC)cc1)NCC1CCCN(C(C)C)C1.I. The maximum atomic E-state index is 5.73. The third-order valence-corrected chi connectivity index (χ3v) is 4.79. The van der Waals surface area contributed by atoms with E-state index in [1.54, 1.807) is 14.2 Å². The largest absolute Gasteiger partial charge is 0.497 e. The molecule has 27 heavy (non-hydrogen) atoms. The van der Waals surface area contributed by atoms with Crippen LogP contribution in [0.2, 0.25) is 0 Å². The molecule has 0 radical (unpaired) electrons. The molecule has 0 amide bonds. The van der Waals surface area contributed by atoms with Crippen LogP contribution in [0.25, 0.3) is 0 Å². The first-order chi connectivity index (χ1) is 12.6. The van der Waals surface area contributed by atoms with E-state index in [0.717, 1.165) is 24.0 Å². The monoisotopic (exact) mass is 490 g/mol. The quantitative estimate of drug-likeness (QED) is 0.254. The first-order valence-electron chi connectivity index (χ1n) is 9.57. The van der Waals surface area contributed by atoms with Gasteiger partial charge in [0.05, 0.1) is 13.7 Å². The number of ether oxygens (including phenoxy) is 2. The van der Waals surface area contributed by atoms with Gasteiger partial charge in [-0.05, 0) is 63.4 Å². The molecule has 7 heteroatoms. The summed E-state index contributed by atoms with van der Waals surface area (Å²) in [7, 11) is 3.47. The van der Waals surface area contributed by atoms with Gasteiger partial charge in [0.2, 0.25) is 0 Å². The van der Waals surface area contributed by atoms with Crippen molar-refractivity contribution in [1.29, 1.82) is 0 Å². The summed E-state index contributed by atoms with van der Waals surface area (Å²) in [6, 6.07) is 8.25. The van der Waals surface area contributed by atoms with E-state index in [1.165, 1.54) is 25.9 Å². The highest BCUT2D eigenvalue weighted by Gasteiger charge is 2.21. The van der Waals surface area contributed by atoms with E-state index >= 15 is 0 Å². The molecule has 0 saturated carbocycles. The number of likely N-dealkylation sites (tertiary alicyclic amines) is 1. The number of methoxy groups -OCH3 is 1. The molecule has 0 aliphatic carbocycles. The molecule has 1 atom stereocenters. The highest BCUT2D eigenvalue weighted by Crippen LogP contribution is 2.18. The Labute approximate surface area is 181 Å². The van der Waals surface area contributed by atoms with Crippen LogP contribution < -0.4 is 20.1 Å². The van der Waals surface area contributed by atoms with Gasteiger partial charge in [-0.15, -0.1) is 24.0 Å². The van der Waals surface area contributed by atoms with Crippen molar-refractivity contribution in [3.8, 4) is 11.5 Å². The van der Waals surface area contributed by atoms with Crippen molar-refractivity contribution < 1.29 is 9.47 Å². The van der Waals surface area contributed by atoms with Gasteiger partial charge in [-0.3, -0.25) is 4.99 Å². The highest BCUT2D eigenvalue weighted by molar-refractivity contribution is 14.0. The Morgan fingerprint density at radius 2 is 1.93 bits per heavy atom. The molecule has 1 aliphatic rings. The van der Waals surface area contributed by atoms with Crippen molar-refractivity contribution in [1.82, 2.24) is 15.5 Å². The van der Waals surface area contributed by atoms with Crippen molar-refractivity contribution >= 4 is 29.9 Å². The normalized spacial score (nSPS) is 18.0. The van der Waals surface area contributed by atoms with Crippen LogP contribution in [0.1, 0.15) is 26.7 Å². The van der Waals surface area contributed by atoms with Crippen LogP contribution in [-0.2, 0) is 0 Å². The van der Waals surface area contributed by atoms with Crippen LogP contribution in [0, 0.1) is 5.92 Å². The topological polar surface area (TPSA) is 58.1 Å². The number of hydrogen-bond acceptors (Lipinski definition) is 4. The van der Waals surface area contributed by atoms with Gasteiger partial charge in [-0.25, -0.2) is 0 Å². The molecule has 1 fully saturated rings. The Morgan fingerprint density at radius 3 is 2.56 bits per heavy atom. The van der Waals surface area contributed by atoms with Crippen LogP contribution >= 0.6 is 24.0 Å². The first-order valence-corrected chi connectivity index (χ1v) is 9.57. The smallest absolute Gasteiger partial charge is 0.191 e. The molecule has 1 aliphatic heterocycles. The summed E-state index contributed by atoms with van der Waals surface area (Å²) in [4.78, 5) is 6.87. The lowest BCUT2D eigenvalue weighted by Gasteiger charge is -2.35. The molecule has 6 nitrogen and oxygen atoms in total. The van der Waals surface area contributed by atoms with Crippen molar-refractivity contribution in [3.05, 3.63) is 24.3 Å². The fourth-order valence-corrected chi connectivity index (χ4v) is 3.20. The van der Waals surface area contributed by atoms with Gasteiger partial charge in [0.1, 0.15) is 18.1 Å². The molecule has 0 aromatic heterocycles. The number of guanidine groups is 1. The third-order valence-electron chi connectivity index (χ3n) is 4.79. The van der Waals surface area contributed by atoms with E-state index in [4.69, 9.17) is 9.47 Å². The summed E-state index contributed by atoms with van der Waals surface area (Å²) in [5, 5.41) is 6.76. The van der Waals surface area contributed by atoms with E-state index in [-0.39, 0.29) is 24.0 Å². The minimum atomic E-state index is 0. The number of benzene rings is 1. The Morgan fingerprint density at radius 1 is 1.22 bits per heavy atom. The van der Waals surface area contributed by atoms with Crippen LogP contribution in [-0.4, -0.2) is 63.8 Å². The van der Waals surface area contributed by atoms with Gasteiger partial charge in [0.25, 0.3) is 0 Å². The van der Waals surface area contributed by atoms with E-state index in [1.807, 2.05) is 24.3 Å². The van der Waals surface area contributed by atoms with E-state index < -0.39 is 0 Å². The van der Waals surface area contributed by atoms with Crippen LogP contribution in [0.3, 0.4) is 0 Å². The standard InChI is InChI=1S/C20H34N4O2.HI/c1-16(2)24-12-5-6-17(15-24)14-23-20(21-3)22-11-13-26-19-9-7-18(25-4)8-10-19;/h7-10,16-17H,5-6,11-15H2,1-4H3,(H2,21,22,23);1H. The molecule has 154 valence electrons. The fraction of sp³-hybridized carbons (Fsp3) is 0.650. The zero-order valence-electron chi connectivity index (χ0n) is 17.0. The average molecular weight is 490 g/mol. The molecule has 2 N–H and O–H groups in total. The second-order valence-corrected chi connectivity index (χ2v) is 7.00. The minimum absolute atomic E-state index is 0. The van der Waals surface area contributed by atoms with Crippen LogP contribution in [0.15, 0.2) is 29.3 Å². The van der Waals surface area contributed by atoms with Gasteiger partial charge in [0.15, 0.2) is 5.96 Å². The molecule has 0 bridgehead atoms. The molecular formula is C20H35IN4O2. The number of nitrogens with zero attached hydrogens (tertiary/aromatic N) is 2. The van der Waals surface area contributed by atoms with Crippen LogP contribution in [0.5, 0.6) is 11.5 Å². The Kier molecular flexibility index (Phi) is 11.5. The molecular weight excluding hydrogens is 455 g/mol. The first kappa shape index (κ1) is 23.8. The lowest BCUT2D eigenvalue weighted by Crippen LogP contribution is -2.46. The zero-order chi connectivity index (χ0) is 18.8. The summed E-state index contributed by atoms with van der Waals surface area (Å²) < 4.78 is 10.9. The number of rotatable bonds is 8. The molecule has 2 rings (SSSR count). The Bertz CT molecular complexity index is 551. The van der Waals surface area contributed by atoms with Crippen LogP contribution in [0.4, 0.5) is 0 Å². The summed E-state index contributed by atoms with van der Waals surface area (Å²) >= 11 is 0. The summed E-state index contributed by atoms with van der Waals surface area (Å²) in [5.74, 6) is 3.19. The van der Waals surface area contributed by atoms with E-state index in [9.17, 15) is 0 Å². The summed E-state index contributed by atoms with van der Waals surface area (Å²) in [6.07, 6.45) is 2.57. The molecule has 1 saturated heterocycles. The van der Waals surface area contributed by atoms with E-state index in [0.29, 0.717) is 25.1 Å². The van der Waals surface area contributed by atoms with Crippen molar-refractivity contribution in [2.75, 3.05) is 46.9 Å². The number of hydrogen-bond donors (Lipinski definition) is 2. The lowest BCUT2D eigenvalue weighted by atomic mass is 9.97. The molecule has 1 heterocycles. The fourth-order valence-electron chi connectivity index (χ4n) is 3.20. The lowest BCUT2D eigenvalue weighted by molar-refractivity contribution is 0.141. The molecule has 1 aromatic rings. The number of halogens is 1. The average Bonchev–Trinajstić information content (AvgIpc) is 2.68. The molecule has 0 spiro atoms. The maximum absolute atomic E-state index is 5.73. The van der Waals surface area contributed by atoms with Crippen molar-refractivity contribution in [2.45, 2.75) is 32.7 Å². The molecule has 1 unspecified atom stereocenters. The predicted molar refractivity (Wildman–Crippen MR) is 123 cm³/mol. The summed E-state index contributed by atoms with van der Waals surface area (Å²) in [5.41, 5.74) is 0. The third kappa shape index (κ3) is 8.55. The predicted octanol–water partition coefficient (Wildman–Crippen LogP) is 2.98. The van der Waals surface area contributed by atoms with E-state index in [2.05, 4.69) is 34.4 Å². The summed E-state index contributed by atoms with van der Waals surface area (Å²) in [6.45, 7) is 9.19. The maximum Gasteiger partial charge on any atom is 0.191 e. The second kappa shape index (κ2) is 13.0. The number of piperidine rings is 1. The van der Waals surface area contributed by atoms with Gasteiger partial charge in [-0.2, -0.15) is 0 Å². The number of aliphatic imine (C=N–C) groups is 1. The second-order valence-electron chi connectivity index (χ2n) is 7.00. The van der Waals surface area contributed by atoms with Crippen molar-refractivity contribution in [3.63, 3.8) is 0 Å².